The molecule has 0 N–H and O–H groups in total. The van der Waals surface area contributed by atoms with Crippen LogP contribution in [-0.2, 0) is 9.53 Å². The van der Waals surface area contributed by atoms with Gasteiger partial charge in [0, 0.05) is 56.3 Å². The quantitative estimate of drug-likeness (QED) is 0.624. The number of benzene rings is 1. The van der Waals surface area contributed by atoms with Gasteiger partial charge in [-0.1, -0.05) is 23.7 Å². The number of hydrogen-bond acceptors (Lipinski definition) is 6. The minimum absolute atomic E-state index is 0.0199. The molecule has 9 heteroatoms. The first-order valence-corrected chi connectivity index (χ1v) is 12.3. The van der Waals surface area contributed by atoms with Gasteiger partial charge in [0.2, 0.25) is 5.91 Å². The molecular weight excluding hydrogens is 466 g/mol. The molecule has 1 aromatic carbocycles. The Labute approximate surface area is 211 Å². The van der Waals surface area contributed by atoms with Crippen LogP contribution in [0.3, 0.4) is 0 Å². The summed E-state index contributed by atoms with van der Waals surface area (Å²) in [7, 11) is 1.74. The van der Waals surface area contributed by atoms with E-state index in [1.807, 2.05) is 35.2 Å². The van der Waals surface area contributed by atoms with Crippen molar-refractivity contribution in [1.82, 2.24) is 14.8 Å². The van der Waals surface area contributed by atoms with Gasteiger partial charge in [-0.3, -0.25) is 4.79 Å². The number of piperidine rings is 1. The molecule has 8 nitrogen and oxygen atoms in total. The predicted molar refractivity (Wildman–Crippen MR) is 133 cm³/mol. The van der Waals surface area contributed by atoms with Crippen molar-refractivity contribution >= 4 is 29.4 Å². The molecule has 0 spiro atoms. The van der Waals surface area contributed by atoms with E-state index in [9.17, 15) is 9.59 Å². The Balaban J connectivity index is 1.44. The molecule has 0 bridgehead atoms. The molecule has 2 fully saturated rings. The fourth-order valence-electron chi connectivity index (χ4n) is 5.01. The SMILES string of the molecule is CCOC(=O)N(C)[C@@H]1CN(C(=O)C2CCN(c3ccc(C#N)cn3)CC2)C[C@H]1c1ccc(Cl)cc1. The highest BCUT2D eigenvalue weighted by Gasteiger charge is 2.42. The zero-order chi connectivity index (χ0) is 24.9. The van der Waals surface area contributed by atoms with E-state index in [4.69, 9.17) is 21.6 Å². The summed E-state index contributed by atoms with van der Waals surface area (Å²) in [5.74, 6) is 0.877. The van der Waals surface area contributed by atoms with Gasteiger partial charge in [-0.15, -0.1) is 0 Å². The number of rotatable bonds is 5. The number of carbonyl (C=O) groups excluding carboxylic acids is 2. The normalized spacial score (nSPS) is 20.4. The number of nitrogens with zero attached hydrogens (tertiary/aromatic N) is 5. The van der Waals surface area contributed by atoms with Crippen molar-refractivity contribution in [3.05, 3.63) is 58.7 Å². The Morgan fingerprint density at radius 2 is 1.89 bits per heavy atom. The summed E-state index contributed by atoms with van der Waals surface area (Å²) in [6.45, 7) is 4.57. The number of ether oxygens (including phenoxy) is 1. The molecule has 4 rings (SSSR count). The number of pyridine rings is 1. The minimum Gasteiger partial charge on any atom is -0.450 e. The van der Waals surface area contributed by atoms with Gasteiger partial charge < -0.3 is 19.4 Å². The van der Waals surface area contributed by atoms with Crippen LogP contribution < -0.4 is 4.90 Å². The van der Waals surface area contributed by atoms with Gasteiger partial charge in [-0.25, -0.2) is 9.78 Å². The molecule has 0 aliphatic carbocycles. The number of anilines is 1. The van der Waals surface area contributed by atoms with Crippen LogP contribution in [0.2, 0.25) is 5.02 Å². The molecule has 0 saturated carbocycles. The first-order chi connectivity index (χ1) is 16.9. The van der Waals surface area contributed by atoms with Gasteiger partial charge >= 0.3 is 6.09 Å². The molecule has 0 radical (unpaired) electrons. The Kier molecular flexibility index (Phi) is 7.76. The average Bonchev–Trinajstić information content (AvgIpc) is 3.34. The maximum atomic E-state index is 13.5. The van der Waals surface area contributed by atoms with Crippen LogP contribution in [0.15, 0.2) is 42.6 Å². The number of likely N-dealkylation sites (N-methyl/N-ethyl adjacent to an activating group) is 1. The lowest BCUT2D eigenvalue weighted by Gasteiger charge is -2.34. The van der Waals surface area contributed by atoms with Crippen molar-refractivity contribution in [2.75, 3.05) is 44.7 Å². The maximum Gasteiger partial charge on any atom is 0.409 e. The van der Waals surface area contributed by atoms with Crippen LogP contribution in [0.4, 0.5) is 10.6 Å². The maximum absolute atomic E-state index is 13.5. The lowest BCUT2D eigenvalue weighted by atomic mass is 9.93. The number of amides is 2. The molecule has 2 aliphatic rings. The largest absolute Gasteiger partial charge is 0.450 e. The number of aromatic nitrogens is 1. The van der Waals surface area contributed by atoms with Gasteiger partial charge in [0.1, 0.15) is 11.9 Å². The molecule has 3 heterocycles. The van der Waals surface area contributed by atoms with Crippen LogP contribution in [0.1, 0.15) is 36.8 Å². The van der Waals surface area contributed by atoms with E-state index < -0.39 is 0 Å². The van der Waals surface area contributed by atoms with Crippen molar-refractivity contribution in [2.45, 2.75) is 31.7 Å². The van der Waals surface area contributed by atoms with Gasteiger partial charge in [0.05, 0.1) is 18.2 Å². The first kappa shape index (κ1) is 24.8. The first-order valence-electron chi connectivity index (χ1n) is 12.0. The van der Waals surface area contributed by atoms with Crippen molar-refractivity contribution in [3.8, 4) is 6.07 Å². The van der Waals surface area contributed by atoms with Gasteiger partial charge in [-0.05, 0) is 49.6 Å². The Hall–Kier alpha value is -3.31. The van der Waals surface area contributed by atoms with Crippen LogP contribution in [0, 0.1) is 17.2 Å². The van der Waals surface area contributed by atoms with E-state index in [1.54, 1.807) is 31.1 Å². The molecule has 2 aromatic rings. The smallest absolute Gasteiger partial charge is 0.409 e. The molecule has 2 saturated heterocycles. The summed E-state index contributed by atoms with van der Waals surface area (Å²) in [4.78, 5) is 36.1. The van der Waals surface area contributed by atoms with Gasteiger partial charge in [0.25, 0.3) is 0 Å². The molecule has 35 heavy (non-hydrogen) atoms. The second kappa shape index (κ2) is 11.0. The number of nitriles is 1. The monoisotopic (exact) mass is 495 g/mol. The third-order valence-corrected chi connectivity index (χ3v) is 7.25. The molecule has 2 aliphatic heterocycles. The lowest BCUT2D eigenvalue weighted by molar-refractivity contribution is -0.135. The van der Waals surface area contributed by atoms with Crippen LogP contribution in [0.25, 0.3) is 0 Å². The van der Waals surface area contributed by atoms with E-state index >= 15 is 0 Å². The topological polar surface area (TPSA) is 89.8 Å². The number of hydrogen-bond donors (Lipinski definition) is 0. The second-order valence-corrected chi connectivity index (χ2v) is 9.49. The molecule has 184 valence electrons. The Morgan fingerprint density at radius 1 is 1.17 bits per heavy atom. The Bertz CT molecular complexity index is 1080. The summed E-state index contributed by atoms with van der Waals surface area (Å²) in [5, 5.41) is 9.62. The summed E-state index contributed by atoms with van der Waals surface area (Å²) in [6, 6.07) is 13.1. The van der Waals surface area contributed by atoms with E-state index in [0.29, 0.717) is 30.3 Å². The third kappa shape index (κ3) is 5.51. The molecule has 2 amide bonds. The van der Waals surface area contributed by atoms with E-state index in [2.05, 4.69) is 16.0 Å². The van der Waals surface area contributed by atoms with Crippen molar-refractivity contribution in [3.63, 3.8) is 0 Å². The van der Waals surface area contributed by atoms with Crippen molar-refractivity contribution in [1.29, 1.82) is 5.26 Å². The summed E-state index contributed by atoms with van der Waals surface area (Å²) < 4.78 is 5.23. The van der Waals surface area contributed by atoms with Crippen LogP contribution >= 0.6 is 11.6 Å². The highest BCUT2D eigenvalue weighted by atomic mass is 35.5. The molecular formula is C26H30ClN5O3. The highest BCUT2D eigenvalue weighted by Crippen LogP contribution is 2.34. The minimum atomic E-state index is -0.381. The lowest BCUT2D eigenvalue weighted by Crippen LogP contribution is -2.44. The van der Waals surface area contributed by atoms with E-state index in [0.717, 1.165) is 37.3 Å². The molecule has 0 unspecified atom stereocenters. The van der Waals surface area contributed by atoms with Gasteiger partial charge in [-0.2, -0.15) is 5.26 Å². The number of carbonyl (C=O) groups is 2. The summed E-state index contributed by atoms with van der Waals surface area (Å²) in [6.07, 6.45) is 2.67. The van der Waals surface area contributed by atoms with Crippen molar-refractivity contribution in [2.24, 2.45) is 5.92 Å². The van der Waals surface area contributed by atoms with Crippen molar-refractivity contribution < 1.29 is 14.3 Å². The Morgan fingerprint density at radius 3 is 2.49 bits per heavy atom. The fraction of sp³-hybridized carbons (Fsp3) is 0.462. The zero-order valence-electron chi connectivity index (χ0n) is 20.1. The fourth-order valence-corrected chi connectivity index (χ4v) is 5.14. The highest BCUT2D eigenvalue weighted by molar-refractivity contribution is 6.30. The predicted octanol–water partition coefficient (Wildman–Crippen LogP) is 3.91. The molecule has 1 aromatic heterocycles. The standard InChI is InChI=1S/C26H30ClN5O3/c1-3-35-26(34)30(2)23-17-32(16-22(23)19-5-7-21(27)8-6-19)25(33)20-10-12-31(13-11-20)24-9-4-18(14-28)15-29-24/h4-9,15,20,22-23H,3,10-13,16-17H2,1-2H3/t22-,23+/m0/s1. The van der Waals surface area contributed by atoms with E-state index in [-0.39, 0.29) is 29.9 Å². The second-order valence-electron chi connectivity index (χ2n) is 9.06. The van der Waals surface area contributed by atoms with Gasteiger partial charge in [0.15, 0.2) is 0 Å². The summed E-state index contributed by atoms with van der Waals surface area (Å²) >= 11 is 6.09. The number of likely N-dealkylation sites (tertiary alicyclic amines) is 1. The van der Waals surface area contributed by atoms with E-state index in [1.165, 1.54) is 0 Å². The zero-order valence-corrected chi connectivity index (χ0v) is 20.8. The van der Waals surface area contributed by atoms with Crippen LogP contribution in [0.5, 0.6) is 0 Å². The summed E-state index contributed by atoms with van der Waals surface area (Å²) in [5.41, 5.74) is 1.58. The third-order valence-electron chi connectivity index (χ3n) is 7.00. The van der Waals surface area contributed by atoms with Crippen LogP contribution in [-0.4, -0.2) is 72.7 Å². The molecule has 2 atom stereocenters. The average molecular weight is 496 g/mol. The number of halogens is 1.